The zero-order valence-corrected chi connectivity index (χ0v) is 22.0. The highest BCUT2D eigenvalue weighted by atomic mass is 19.4. The predicted octanol–water partition coefficient (Wildman–Crippen LogP) is 4.34. The van der Waals surface area contributed by atoms with Gasteiger partial charge in [-0.25, -0.2) is 4.79 Å². The molecule has 0 saturated carbocycles. The number of para-hydroxylation sites is 1. The van der Waals surface area contributed by atoms with Gasteiger partial charge in [-0.3, -0.25) is 0 Å². The van der Waals surface area contributed by atoms with Gasteiger partial charge in [0, 0.05) is 12.8 Å². The first-order valence-electron chi connectivity index (χ1n) is 12.5. The highest BCUT2D eigenvalue weighted by Gasteiger charge is 2.30. The Hall–Kier alpha value is -2.74. The molecule has 0 atom stereocenters. The number of alkyl halides is 3. The third-order valence-electron chi connectivity index (χ3n) is 5.00. The van der Waals surface area contributed by atoms with Gasteiger partial charge in [-0.2, -0.15) is 13.2 Å². The molecule has 39 heavy (non-hydrogen) atoms. The molecule has 2 rings (SSSR count). The van der Waals surface area contributed by atoms with Crippen molar-refractivity contribution in [2.75, 3.05) is 91.7 Å². The van der Waals surface area contributed by atoms with Crippen molar-refractivity contribution in [1.29, 1.82) is 0 Å². The van der Waals surface area contributed by atoms with Gasteiger partial charge < -0.3 is 38.5 Å². The SMILES string of the molecule is COCCOCCOCCOCCOCCOCCOC(=O)c1ccccc1Nc1cccc(C(F)(F)F)c1. The van der Waals surface area contributed by atoms with Crippen molar-refractivity contribution >= 4 is 17.3 Å². The maximum atomic E-state index is 13.0. The van der Waals surface area contributed by atoms with Crippen LogP contribution in [0, 0.1) is 0 Å². The molecule has 2 aromatic carbocycles. The number of carbonyl (C=O) groups excluding carboxylic acids is 1. The molecular weight excluding hydrogens is 523 g/mol. The number of nitrogens with one attached hydrogen (secondary N) is 1. The average molecular weight is 560 g/mol. The van der Waals surface area contributed by atoms with E-state index in [0.29, 0.717) is 71.8 Å². The summed E-state index contributed by atoms with van der Waals surface area (Å²) in [5.74, 6) is -0.621. The molecular formula is C27H36F3NO8. The van der Waals surface area contributed by atoms with Crippen molar-refractivity contribution in [2.45, 2.75) is 6.18 Å². The maximum Gasteiger partial charge on any atom is 0.416 e. The van der Waals surface area contributed by atoms with E-state index < -0.39 is 17.7 Å². The minimum Gasteiger partial charge on any atom is -0.460 e. The van der Waals surface area contributed by atoms with Crippen molar-refractivity contribution in [3.63, 3.8) is 0 Å². The molecule has 0 unspecified atom stereocenters. The molecule has 0 aliphatic carbocycles. The van der Waals surface area contributed by atoms with Crippen LogP contribution >= 0.6 is 0 Å². The summed E-state index contributed by atoms with van der Waals surface area (Å²) < 4.78 is 75.9. The minimum atomic E-state index is -4.47. The molecule has 9 nitrogen and oxygen atoms in total. The smallest absolute Gasteiger partial charge is 0.416 e. The number of hydrogen-bond donors (Lipinski definition) is 1. The molecule has 1 N–H and O–H groups in total. The zero-order valence-electron chi connectivity index (χ0n) is 22.0. The van der Waals surface area contributed by atoms with Gasteiger partial charge in [0.15, 0.2) is 0 Å². The Morgan fingerprint density at radius 2 is 1.21 bits per heavy atom. The normalized spacial score (nSPS) is 11.5. The Morgan fingerprint density at radius 3 is 1.74 bits per heavy atom. The van der Waals surface area contributed by atoms with Crippen LogP contribution in [0.25, 0.3) is 0 Å². The summed E-state index contributed by atoms with van der Waals surface area (Å²) in [7, 11) is 1.62. The van der Waals surface area contributed by atoms with Crippen LogP contribution in [-0.2, 0) is 39.3 Å². The van der Waals surface area contributed by atoms with Gasteiger partial charge in [-0.15, -0.1) is 0 Å². The van der Waals surface area contributed by atoms with Gasteiger partial charge in [0.1, 0.15) is 6.61 Å². The van der Waals surface area contributed by atoms with Crippen LogP contribution in [0.2, 0.25) is 0 Å². The van der Waals surface area contributed by atoms with Crippen LogP contribution in [0.3, 0.4) is 0 Å². The number of anilines is 2. The van der Waals surface area contributed by atoms with E-state index in [2.05, 4.69) is 5.32 Å². The van der Waals surface area contributed by atoms with Gasteiger partial charge in [0.2, 0.25) is 0 Å². The molecule has 0 aliphatic heterocycles. The molecule has 0 amide bonds. The van der Waals surface area contributed by atoms with Crippen LogP contribution in [0.4, 0.5) is 24.5 Å². The van der Waals surface area contributed by atoms with E-state index in [1.165, 1.54) is 18.2 Å². The van der Waals surface area contributed by atoms with Gasteiger partial charge in [-0.1, -0.05) is 18.2 Å². The number of rotatable bonds is 21. The zero-order chi connectivity index (χ0) is 28.2. The monoisotopic (exact) mass is 559 g/mol. The summed E-state index contributed by atoms with van der Waals surface area (Å²) in [6.07, 6.45) is -4.47. The van der Waals surface area contributed by atoms with Crippen molar-refractivity contribution in [3.8, 4) is 0 Å². The van der Waals surface area contributed by atoms with Gasteiger partial charge in [-0.05, 0) is 30.3 Å². The fourth-order valence-corrected chi connectivity index (χ4v) is 3.09. The lowest BCUT2D eigenvalue weighted by molar-refractivity contribution is -0.137. The molecule has 0 saturated heterocycles. The van der Waals surface area contributed by atoms with Crippen LogP contribution in [0.1, 0.15) is 15.9 Å². The van der Waals surface area contributed by atoms with Crippen molar-refractivity contribution in [2.24, 2.45) is 0 Å². The summed E-state index contributed by atoms with van der Waals surface area (Å²) in [4.78, 5) is 12.5. The molecule has 0 bridgehead atoms. The summed E-state index contributed by atoms with van der Waals surface area (Å²) >= 11 is 0. The van der Waals surface area contributed by atoms with Crippen LogP contribution in [-0.4, -0.2) is 92.4 Å². The third kappa shape index (κ3) is 14.3. The van der Waals surface area contributed by atoms with E-state index in [1.807, 2.05) is 0 Å². The van der Waals surface area contributed by atoms with Gasteiger partial charge in [0.25, 0.3) is 0 Å². The van der Waals surface area contributed by atoms with E-state index in [9.17, 15) is 18.0 Å². The molecule has 12 heteroatoms. The van der Waals surface area contributed by atoms with Crippen LogP contribution < -0.4 is 5.32 Å². The fraction of sp³-hybridized carbons (Fsp3) is 0.519. The number of esters is 1. The number of methoxy groups -OCH3 is 1. The highest BCUT2D eigenvalue weighted by molar-refractivity contribution is 5.96. The quantitative estimate of drug-likeness (QED) is 0.177. The number of ether oxygens (including phenoxy) is 7. The number of carbonyl (C=O) groups is 1. The van der Waals surface area contributed by atoms with Crippen LogP contribution in [0.15, 0.2) is 48.5 Å². The minimum absolute atomic E-state index is 0.0112. The molecule has 218 valence electrons. The lowest BCUT2D eigenvalue weighted by Gasteiger charge is -2.13. The average Bonchev–Trinajstić information content (AvgIpc) is 2.92. The van der Waals surface area contributed by atoms with Crippen molar-refractivity contribution < 1.29 is 51.1 Å². The Kier molecular flexibility index (Phi) is 16.1. The van der Waals surface area contributed by atoms with E-state index in [0.717, 1.165) is 12.1 Å². The van der Waals surface area contributed by atoms with Gasteiger partial charge >= 0.3 is 12.1 Å². The second kappa shape index (κ2) is 19.3. The Balaban J connectivity index is 1.52. The molecule has 2 aromatic rings. The lowest BCUT2D eigenvalue weighted by Crippen LogP contribution is -2.15. The lowest BCUT2D eigenvalue weighted by atomic mass is 10.1. The second-order valence-corrected chi connectivity index (χ2v) is 7.94. The summed E-state index contributed by atoms with van der Waals surface area (Å²) in [5, 5.41) is 2.85. The summed E-state index contributed by atoms with van der Waals surface area (Å²) in [6.45, 7) is 4.75. The first-order chi connectivity index (χ1) is 18.9. The van der Waals surface area contributed by atoms with E-state index >= 15 is 0 Å². The Bertz CT molecular complexity index is 945. The third-order valence-corrected chi connectivity index (χ3v) is 5.00. The maximum absolute atomic E-state index is 13.0. The first kappa shape index (κ1) is 32.5. The second-order valence-electron chi connectivity index (χ2n) is 7.94. The number of halogens is 3. The largest absolute Gasteiger partial charge is 0.460 e. The predicted molar refractivity (Wildman–Crippen MR) is 137 cm³/mol. The van der Waals surface area contributed by atoms with Crippen molar-refractivity contribution in [1.82, 2.24) is 0 Å². The molecule has 0 aliphatic rings. The van der Waals surface area contributed by atoms with Gasteiger partial charge in [0.05, 0.1) is 89.5 Å². The molecule has 0 fully saturated rings. The standard InChI is InChI=1S/C27H36F3NO8/c1-33-9-10-34-11-12-35-13-14-36-15-16-37-17-18-38-19-20-39-26(32)24-7-2-3-8-25(24)31-23-6-4-5-22(21-23)27(28,29)30/h2-8,21,31H,9-20H2,1H3. The van der Waals surface area contributed by atoms with Crippen LogP contribution in [0.5, 0.6) is 0 Å². The fourth-order valence-electron chi connectivity index (χ4n) is 3.09. The number of benzene rings is 2. The van der Waals surface area contributed by atoms with E-state index in [1.54, 1.807) is 25.3 Å². The topological polar surface area (TPSA) is 93.7 Å². The summed E-state index contributed by atoms with van der Waals surface area (Å²) in [5.41, 5.74) is -0.0649. The Labute approximate surface area is 226 Å². The van der Waals surface area contributed by atoms with E-state index in [4.69, 9.17) is 33.2 Å². The number of hydrogen-bond acceptors (Lipinski definition) is 9. The van der Waals surface area contributed by atoms with Crippen molar-refractivity contribution in [3.05, 3.63) is 59.7 Å². The first-order valence-corrected chi connectivity index (χ1v) is 12.5. The molecule has 0 spiro atoms. The molecule has 0 heterocycles. The summed E-state index contributed by atoms with van der Waals surface area (Å²) in [6, 6.07) is 11.1. The molecule has 0 radical (unpaired) electrons. The Morgan fingerprint density at radius 1 is 0.692 bits per heavy atom. The highest BCUT2D eigenvalue weighted by Crippen LogP contribution is 2.32. The van der Waals surface area contributed by atoms with E-state index in [-0.39, 0.29) is 24.5 Å². The molecule has 0 aromatic heterocycles.